The zero-order chi connectivity index (χ0) is 26.3. The molecule has 1 saturated heterocycles. The molecule has 1 spiro atoms. The molecule has 1 fully saturated rings. The van der Waals surface area contributed by atoms with Crippen molar-refractivity contribution in [1.29, 1.82) is 0 Å². The Kier molecular flexibility index (Phi) is 6.31. The molecule has 5 rings (SSSR count). The third-order valence-electron chi connectivity index (χ3n) is 6.21. The number of aromatic nitrogens is 2. The number of fused-ring (bicyclic) bond motifs is 2. The largest absolute Gasteiger partial charge is 0.485 e. The average Bonchev–Trinajstić information content (AvgIpc) is 3.03. The first kappa shape index (κ1) is 24.7. The van der Waals surface area contributed by atoms with Gasteiger partial charge in [-0.05, 0) is 25.2 Å². The summed E-state index contributed by atoms with van der Waals surface area (Å²) in [7, 11) is 1.51. The number of hydrogen-bond acceptors (Lipinski definition) is 10. The molecule has 0 aliphatic carbocycles. The molecule has 0 saturated carbocycles. The van der Waals surface area contributed by atoms with E-state index in [1.807, 2.05) is 0 Å². The van der Waals surface area contributed by atoms with Crippen LogP contribution in [0.25, 0.3) is 11.3 Å². The minimum absolute atomic E-state index is 0.0780. The molecule has 0 radical (unpaired) electrons. The van der Waals surface area contributed by atoms with Crippen LogP contribution in [0.15, 0.2) is 54.7 Å². The summed E-state index contributed by atoms with van der Waals surface area (Å²) in [5.41, 5.74) is 1.45. The van der Waals surface area contributed by atoms with Crippen molar-refractivity contribution in [3.63, 3.8) is 0 Å². The average molecular weight is 513 g/mol. The van der Waals surface area contributed by atoms with Crippen LogP contribution in [0.4, 0.5) is 8.78 Å². The van der Waals surface area contributed by atoms with E-state index >= 15 is 0 Å². The summed E-state index contributed by atoms with van der Waals surface area (Å²) in [6.07, 6.45) is -3.46. The van der Waals surface area contributed by atoms with E-state index in [1.165, 1.54) is 18.1 Å². The van der Waals surface area contributed by atoms with Gasteiger partial charge in [-0.1, -0.05) is 12.1 Å². The predicted octanol–water partition coefficient (Wildman–Crippen LogP) is 1.81. The summed E-state index contributed by atoms with van der Waals surface area (Å²) in [5, 5.41) is 28.1. The lowest BCUT2D eigenvalue weighted by Gasteiger charge is -2.38. The smallest absolute Gasteiger partial charge is 0.349 e. The van der Waals surface area contributed by atoms with Crippen LogP contribution in [0.2, 0.25) is 0 Å². The Balaban J connectivity index is 1.69. The lowest BCUT2D eigenvalue weighted by molar-refractivity contribution is -0.288. The molecule has 2 N–H and O–H groups in total. The number of rotatable bonds is 3. The Morgan fingerprint density at radius 1 is 1.03 bits per heavy atom. The molecule has 2 aliphatic heterocycles. The van der Waals surface area contributed by atoms with Crippen molar-refractivity contribution in [3.05, 3.63) is 77.5 Å². The number of benzene rings is 2. The van der Waals surface area contributed by atoms with E-state index in [-0.39, 0.29) is 24.3 Å². The fraction of sp³-hybridized carbons (Fsp3) is 0.280. The standard InChI is InChI=1S/C25H21F2N3O7/c1-30-8-6-20(35-16-11-14(26)10-15(27)12-16)17-5-4-13(19-3-2-7-28-29-19)9-18(17)25(30)36-23(33)21(31)22(32)24(34)37-25/h2-5,7,9-12,20-22,31-32H,6,8H2,1H3. The van der Waals surface area contributed by atoms with Crippen molar-refractivity contribution < 1.29 is 42.8 Å². The van der Waals surface area contributed by atoms with Crippen LogP contribution in [-0.4, -0.2) is 63.0 Å². The van der Waals surface area contributed by atoms with Gasteiger partial charge in [0.15, 0.2) is 12.2 Å². The lowest BCUT2D eigenvalue weighted by Crippen LogP contribution is -2.50. The Morgan fingerprint density at radius 3 is 2.32 bits per heavy atom. The number of hydrogen-bond donors (Lipinski definition) is 2. The molecule has 0 bridgehead atoms. The summed E-state index contributed by atoms with van der Waals surface area (Å²) in [6, 6.07) is 11.0. The van der Waals surface area contributed by atoms with Crippen LogP contribution in [-0.2, 0) is 25.0 Å². The van der Waals surface area contributed by atoms with Gasteiger partial charge in [-0.2, -0.15) is 10.2 Å². The van der Waals surface area contributed by atoms with Gasteiger partial charge < -0.3 is 24.4 Å². The van der Waals surface area contributed by atoms with Crippen LogP contribution in [0.5, 0.6) is 5.75 Å². The molecule has 3 atom stereocenters. The topological polar surface area (TPSA) is 131 Å². The number of aliphatic hydroxyl groups excluding tert-OH is 2. The zero-order valence-corrected chi connectivity index (χ0v) is 19.4. The van der Waals surface area contributed by atoms with Crippen LogP contribution in [0.3, 0.4) is 0 Å². The van der Waals surface area contributed by atoms with Crippen LogP contribution in [0, 0.1) is 11.6 Å². The van der Waals surface area contributed by atoms with E-state index in [4.69, 9.17) is 14.2 Å². The lowest BCUT2D eigenvalue weighted by atomic mass is 9.95. The molecule has 3 unspecified atom stereocenters. The molecule has 3 aromatic rings. The number of esters is 2. The maximum absolute atomic E-state index is 13.8. The van der Waals surface area contributed by atoms with E-state index < -0.39 is 47.8 Å². The second kappa shape index (κ2) is 9.47. The molecule has 3 heterocycles. The normalized spacial score (nSPS) is 26.0. The number of carbonyl (C=O) groups is 2. The highest BCUT2D eigenvalue weighted by Gasteiger charge is 2.55. The van der Waals surface area contributed by atoms with Gasteiger partial charge in [0.1, 0.15) is 23.5 Å². The SMILES string of the molecule is CN1CCC(Oc2cc(F)cc(F)c2)c2ccc(-c3cccnn3)cc2C12OC(=O)C(O)C(O)C(=O)O2. The third-order valence-corrected chi connectivity index (χ3v) is 6.21. The fourth-order valence-corrected chi connectivity index (χ4v) is 4.37. The summed E-state index contributed by atoms with van der Waals surface area (Å²) in [6.45, 7) is 0.102. The first-order valence-corrected chi connectivity index (χ1v) is 11.3. The van der Waals surface area contributed by atoms with Crippen LogP contribution >= 0.6 is 0 Å². The van der Waals surface area contributed by atoms with Gasteiger partial charge in [0.05, 0.1) is 11.3 Å². The molecule has 2 aliphatic rings. The Bertz CT molecular complexity index is 1320. The molecule has 2 aromatic carbocycles. The monoisotopic (exact) mass is 513 g/mol. The zero-order valence-electron chi connectivity index (χ0n) is 19.4. The Labute approximate surface area is 209 Å². The van der Waals surface area contributed by atoms with Gasteiger partial charge in [-0.15, -0.1) is 0 Å². The Hall–Kier alpha value is -4.00. The number of halogens is 2. The van der Waals surface area contributed by atoms with Crippen molar-refractivity contribution in [2.24, 2.45) is 0 Å². The second-order valence-corrected chi connectivity index (χ2v) is 8.65. The maximum atomic E-state index is 13.8. The van der Waals surface area contributed by atoms with E-state index in [2.05, 4.69) is 10.2 Å². The van der Waals surface area contributed by atoms with Crippen molar-refractivity contribution in [2.45, 2.75) is 30.6 Å². The van der Waals surface area contributed by atoms with E-state index in [9.17, 15) is 28.6 Å². The molecular formula is C25H21F2N3O7. The van der Waals surface area contributed by atoms with Gasteiger partial charge in [0.25, 0.3) is 0 Å². The van der Waals surface area contributed by atoms with Crippen LogP contribution < -0.4 is 4.74 Å². The van der Waals surface area contributed by atoms with Gasteiger partial charge in [0, 0.05) is 48.5 Å². The summed E-state index contributed by atoms with van der Waals surface area (Å²) >= 11 is 0. The molecule has 12 heteroatoms. The van der Waals surface area contributed by atoms with Gasteiger partial charge in [-0.3, -0.25) is 0 Å². The van der Waals surface area contributed by atoms with Crippen molar-refractivity contribution >= 4 is 11.9 Å². The third kappa shape index (κ3) is 4.50. The molecule has 192 valence electrons. The number of carbonyl (C=O) groups excluding carboxylic acids is 2. The van der Waals surface area contributed by atoms with Gasteiger partial charge in [0.2, 0.25) is 0 Å². The van der Waals surface area contributed by atoms with E-state index in [0.717, 1.165) is 12.1 Å². The Morgan fingerprint density at radius 2 is 1.70 bits per heavy atom. The van der Waals surface area contributed by atoms with Crippen molar-refractivity contribution in [2.75, 3.05) is 13.6 Å². The summed E-state index contributed by atoms with van der Waals surface area (Å²) in [4.78, 5) is 26.8. The highest BCUT2D eigenvalue weighted by Crippen LogP contribution is 2.44. The molecule has 10 nitrogen and oxygen atoms in total. The highest BCUT2D eigenvalue weighted by molar-refractivity contribution is 5.87. The molecule has 1 aromatic heterocycles. The molecule has 37 heavy (non-hydrogen) atoms. The quantitative estimate of drug-likeness (QED) is 0.500. The van der Waals surface area contributed by atoms with Crippen molar-refractivity contribution in [3.8, 4) is 17.0 Å². The first-order valence-electron chi connectivity index (χ1n) is 11.3. The van der Waals surface area contributed by atoms with Crippen molar-refractivity contribution in [1.82, 2.24) is 15.1 Å². The number of ether oxygens (including phenoxy) is 3. The first-order chi connectivity index (χ1) is 17.7. The number of nitrogens with zero attached hydrogens (tertiary/aromatic N) is 3. The van der Waals surface area contributed by atoms with E-state index in [0.29, 0.717) is 22.9 Å². The minimum Gasteiger partial charge on any atom is -0.485 e. The summed E-state index contributed by atoms with van der Waals surface area (Å²) in [5.74, 6) is -6.51. The van der Waals surface area contributed by atoms with Gasteiger partial charge in [-0.25, -0.2) is 23.3 Å². The fourth-order valence-electron chi connectivity index (χ4n) is 4.37. The number of aliphatic hydroxyl groups is 2. The van der Waals surface area contributed by atoms with E-state index in [1.54, 1.807) is 30.3 Å². The maximum Gasteiger partial charge on any atom is 0.349 e. The van der Waals surface area contributed by atoms with Gasteiger partial charge >= 0.3 is 17.8 Å². The second-order valence-electron chi connectivity index (χ2n) is 8.65. The highest BCUT2D eigenvalue weighted by atomic mass is 19.1. The predicted molar refractivity (Wildman–Crippen MR) is 120 cm³/mol. The van der Waals surface area contributed by atoms with Crippen LogP contribution in [0.1, 0.15) is 23.7 Å². The minimum atomic E-state index is -2.20. The molecular weight excluding hydrogens is 492 g/mol. The molecule has 0 amide bonds. The summed E-state index contributed by atoms with van der Waals surface area (Å²) < 4.78 is 44.8.